The summed E-state index contributed by atoms with van der Waals surface area (Å²) in [5.74, 6) is -3.17. The number of benzene rings is 1. The summed E-state index contributed by atoms with van der Waals surface area (Å²) in [7, 11) is 1.14. The average Bonchev–Trinajstić information content (AvgIpc) is 2.55. The summed E-state index contributed by atoms with van der Waals surface area (Å²) in [4.78, 5) is 35.4. The summed E-state index contributed by atoms with van der Waals surface area (Å²) in [6, 6.07) is 1.98. The Morgan fingerprint density at radius 3 is 2.00 bits per heavy atom. The minimum atomic E-state index is -0.738. The Bertz CT molecular complexity index is 524. The highest BCUT2D eigenvalue weighted by atomic mass is 16.5. The number of rotatable bonds is 2. The van der Waals surface area contributed by atoms with Crippen LogP contribution in [0.2, 0.25) is 0 Å². The number of fused-ring (bicyclic) bond motifs is 1. The maximum Gasteiger partial charge on any atom is 0.325 e. The highest BCUT2D eigenvalue weighted by Crippen LogP contribution is 2.33. The zero-order valence-electron chi connectivity index (χ0n) is 9.34. The van der Waals surface area contributed by atoms with Crippen molar-refractivity contribution in [2.24, 2.45) is 0 Å². The Kier molecular flexibility index (Phi) is 2.66. The molecule has 18 heavy (non-hydrogen) atoms. The third kappa shape index (κ3) is 1.65. The van der Waals surface area contributed by atoms with Crippen molar-refractivity contribution >= 4 is 17.8 Å². The van der Waals surface area contributed by atoms with Crippen molar-refractivity contribution in [3.63, 3.8) is 0 Å². The third-order valence-corrected chi connectivity index (χ3v) is 2.58. The van der Waals surface area contributed by atoms with Gasteiger partial charge in [0.25, 0.3) is 11.8 Å². The number of phenols is 2. The Morgan fingerprint density at radius 2 is 1.61 bits per heavy atom. The molecule has 2 N–H and O–H groups in total. The van der Waals surface area contributed by atoms with E-state index in [0.29, 0.717) is 4.90 Å². The van der Waals surface area contributed by atoms with Crippen LogP contribution in [0.15, 0.2) is 12.1 Å². The Balaban J connectivity index is 2.41. The molecule has 1 aliphatic heterocycles. The van der Waals surface area contributed by atoms with Crippen LogP contribution in [0.25, 0.3) is 0 Å². The van der Waals surface area contributed by atoms with Crippen LogP contribution in [0.1, 0.15) is 20.7 Å². The molecule has 0 aliphatic carbocycles. The second-order valence-corrected chi connectivity index (χ2v) is 3.66. The second-order valence-electron chi connectivity index (χ2n) is 3.66. The minimum absolute atomic E-state index is 0.0563. The highest BCUT2D eigenvalue weighted by molar-refractivity contribution is 6.22. The van der Waals surface area contributed by atoms with Gasteiger partial charge in [-0.3, -0.25) is 19.3 Å². The number of esters is 1. The van der Waals surface area contributed by atoms with E-state index in [2.05, 4.69) is 4.74 Å². The van der Waals surface area contributed by atoms with Gasteiger partial charge in [0.05, 0.1) is 18.2 Å². The predicted molar refractivity (Wildman–Crippen MR) is 57.2 cm³/mol. The minimum Gasteiger partial charge on any atom is -0.504 e. The van der Waals surface area contributed by atoms with E-state index < -0.39 is 35.8 Å². The number of hydrogen-bond donors (Lipinski definition) is 2. The Hall–Kier alpha value is -2.57. The summed E-state index contributed by atoms with van der Waals surface area (Å²) in [6.45, 7) is -0.510. The van der Waals surface area contributed by atoms with Crippen LogP contribution in [0.4, 0.5) is 0 Å². The van der Waals surface area contributed by atoms with Gasteiger partial charge in [0, 0.05) is 0 Å². The molecule has 94 valence electrons. The monoisotopic (exact) mass is 251 g/mol. The molecule has 2 amide bonds. The van der Waals surface area contributed by atoms with Crippen LogP contribution in [0, 0.1) is 0 Å². The third-order valence-electron chi connectivity index (χ3n) is 2.58. The highest BCUT2D eigenvalue weighted by Gasteiger charge is 2.37. The lowest BCUT2D eigenvalue weighted by Crippen LogP contribution is -2.35. The number of aromatic hydroxyl groups is 2. The number of nitrogens with zero attached hydrogens (tertiary/aromatic N) is 1. The van der Waals surface area contributed by atoms with Crippen LogP contribution < -0.4 is 0 Å². The van der Waals surface area contributed by atoms with E-state index in [9.17, 15) is 24.6 Å². The topological polar surface area (TPSA) is 104 Å². The summed E-state index contributed by atoms with van der Waals surface area (Å²) in [5.41, 5.74) is -0.113. The number of hydrogen-bond acceptors (Lipinski definition) is 6. The van der Waals surface area contributed by atoms with Gasteiger partial charge < -0.3 is 14.9 Å². The van der Waals surface area contributed by atoms with E-state index in [1.54, 1.807) is 0 Å². The van der Waals surface area contributed by atoms with E-state index in [1.807, 2.05) is 0 Å². The largest absolute Gasteiger partial charge is 0.504 e. The van der Waals surface area contributed by atoms with Gasteiger partial charge in [-0.1, -0.05) is 0 Å². The Labute approximate surface area is 101 Å². The summed E-state index contributed by atoms with van der Waals surface area (Å²) in [5, 5.41) is 18.6. The van der Waals surface area contributed by atoms with Crippen molar-refractivity contribution in [2.75, 3.05) is 13.7 Å². The molecule has 1 aromatic rings. The van der Waals surface area contributed by atoms with Gasteiger partial charge in [0.1, 0.15) is 6.54 Å². The Morgan fingerprint density at radius 1 is 1.17 bits per heavy atom. The van der Waals surface area contributed by atoms with Crippen molar-refractivity contribution in [3.05, 3.63) is 23.3 Å². The van der Waals surface area contributed by atoms with Crippen molar-refractivity contribution in [1.82, 2.24) is 4.90 Å². The second kappa shape index (κ2) is 4.02. The number of ether oxygens (including phenoxy) is 1. The fraction of sp³-hybridized carbons (Fsp3) is 0.182. The van der Waals surface area contributed by atoms with Gasteiger partial charge in [-0.05, 0) is 12.1 Å². The van der Waals surface area contributed by atoms with Crippen molar-refractivity contribution < 1.29 is 29.3 Å². The number of carbonyl (C=O) groups excluding carboxylic acids is 3. The molecule has 7 heteroatoms. The zero-order valence-corrected chi connectivity index (χ0v) is 9.34. The molecule has 0 aromatic heterocycles. The average molecular weight is 251 g/mol. The molecule has 0 bridgehead atoms. The van der Waals surface area contributed by atoms with E-state index in [1.165, 1.54) is 0 Å². The number of imide groups is 1. The van der Waals surface area contributed by atoms with Gasteiger partial charge in [-0.25, -0.2) is 0 Å². The maximum absolute atomic E-state index is 11.8. The molecule has 0 atom stereocenters. The molecule has 1 aliphatic rings. The first-order valence-corrected chi connectivity index (χ1v) is 4.94. The lowest BCUT2D eigenvalue weighted by atomic mass is 10.1. The van der Waals surface area contributed by atoms with Crippen LogP contribution in [0.5, 0.6) is 11.5 Å². The number of methoxy groups -OCH3 is 1. The van der Waals surface area contributed by atoms with Gasteiger partial charge >= 0.3 is 5.97 Å². The molecule has 2 rings (SSSR count). The maximum atomic E-state index is 11.8. The molecule has 7 nitrogen and oxygen atoms in total. The fourth-order valence-electron chi connectivity index (χ4n) is 1.65. The van der Waals surface area contributed by atoms with E-state index in [0.717, 1.165) is 19.2 Å². The first-order chi connectivity index (χ1) is 8.45. The number of phenolic OH excluding ortho intramolecular Hbond substituents is 2. The smallest absolute Gasteiger partial charge is 0.325 e. The van der Waals surface area contributed by atoms with E-state index in [-0.39, 0.29) is 11.1 Å². The van der Waals surface area contributed by atoms with E-state index in [4.69, 9.17) is 0 Å². The number of amides is 2. The fourth-order valence-corrected chi connectivity index (χ4v) is 1.65. The van der Waals surface area contributed by atoms with Crippen LogP contribution in [-0.4, -0.2) is 46.6 Å². The summed E-state index contributed by atoms with van der Waals surface area (Å²) >= 11 is 0. The van der Waals surface area contributed by atoms with Crippen LogP contribution >= 0.6 is 0 Å². The molecule has 1 heterocycles. The molecule has 1 aromatic carbocycles. The first-order valence-electron chi connectivity index (χ1n) is 4.94. The molecule has 0 spiro atoms. The molecule has 0 fully saturated rings. The van der Waals surface area contributed by atoms with Crippen LogP contribution in [-0.2, 0) is 9.53 Å². The standard InChI is InChI=1S/C11H9NO6/c1-18-9(15)4-12-10(16)5-2-7(13)8(14)3-6(5)11(12)17/h2-3,13-14H,4H2,1H3. The normalized spacial score (nSPS) is 13.7. The van der Waals surface area contributed by atoms with Crippen molar-refractivity contribution in [2.45, 2.75) is 0 Å². The molecule has 0 unspecified atom stereocenters. The lowest BCUT2D eigenvalue weighted by Gasteiger charge is -2.11. The first kappa shape index (κ1) is 11.9. The van der Waals surface area contributed by atoms with Gasteiger partial charge in [0.2, 0.25) is 0 Å². The molecule has 0 saturated carbocycles. The van der Waals surface area contributed by atoms with E-state index >= 15 is 0 Å². The molecular formula is C11H9NO6. The van der Waals surface area contributed by atoms with Crippen molar-refractivity contribution in [3.8, 4) is 11.5 Å². The SMILES string of the molecule is COC(=O)CN1C(=O)c2cc(O)c(O)cc2C1=O. The summed E-state index contributed by atoms with van der Waals surface area (Å²) in [6.07, 6.45) is 0. The molecule has 0 saturated heterocycles. The molecular weight excluding hydrogens is 242 g/mol. The van der Waals surface area contributed by atoms with Gasteiger partial charge in [-0.15, -0.1) is 0 Å². The van der Waals surface area contributed by atoms with Crippen LogP contribution in [0.3, 0.4) is 0 Å². The number of carbonyl (C=O) groups is 3. The lowest BCUT2D eigenvalue weighted by molar-refractivity contribution is -0.140. The predicted octanol–water partition coefficient (Wildman–Crippen LogP) is -0.133. The van der Waals surface area contributed by atoms with Crippen molar-refractivity contribution in [1.29, 1.82) is 0 Å². The molecule has 0 radical (unpaired) electrons. The van der Waals surface area contributed by atoms with Gasteiger partial charge in [-0.2, -0.15) is 0 Å². The summed E-state index contributed by atoms with van der Waals surface area (Å²) < 4.78 is 4.37. The van der Waals surface area contributed by atoms with Gasteiger partial charge in [0.15, 0.2) is 11.5 Å². The zero-order chi connectivity index (χ0) is 13.4. The quantitative estimate of drug-likeness (QED) is 0.431.